The first kappa shape index (κ1) is 15.3. The summed E-state index contributed by atoms with van der Waals surface area (Å²) >= 11 is 6.06. The molecule has 0 aromatic heterocycles. The van der Waals surface area contributed by atoms with Gasteiger partial charge in [-0.3, -0.25) is 4.79 Å². The fourth-order valence-electron chi connectivity index (χ4n) is 2.87. The van der Waals surface area contributed by atoms with Gasteiger partial charge in [0.1, 0.15) is 0 Å². The zero-order valence-corrected chi connectivity index (χ0v) is 13.1. The van der Waals surface area contributed by atoms with Gasteiger partial charge in [-0.2, -0.15) is 0 Å². The third kappa shape index (κ3) is 4.22. The third-order valence-corrected chi connectivity index (χ3v) is 4.52. The maximum absolute atomic E-state index is 12.0. The fourth-order valence-corrected chi connectivity index (χ4v) is 3.04. The van der Waals surface area contributed by atoms with Gasteiger partial charge in [-0.25, -0.2) is 0 Å². The van der Waals surface area contributed by atoms with Crippen LogP contribution in [0.5, 0.6) is 0 Å². The first-order chi connectivity index (χ1) is 9.56. The molecule has 2 N–H and O–H groups in total. The van der Waals surface area contributed by atoms with E-state index in [2.05, 4.69) is 12.2 Å². The summed E-state index contributed by atoms with van der Waals surface area (Å²) in [4.78, 5) is 13.6. The van der Waals surface area contributed by atoms with Gasteiger partial charge in [0.2, 0.25) is 5.91 Å². The minimum atomic E-state index is 0.0843. The molecule has 0 spiro atoms. The molecule has 1 fully saturated rings. The summed E-state index contributed by atoms with van der Waals surface area (Å²) in [6, 6.07) is 5.60. The van der Waals surface area contributed by atoms with Crippen molar-refractivity contribution in [2.24, 2.45) is 5.92 Å². The lowest BCUT2D eigenvalue weighted by atomic mass is 10.0. The first-order valence-corrected chi connectivity index (χ1v) is 7.82. The number of rotatable bonds is 4. The molecule has 0 aliphatic carbocycles. The van der Waals surface area contributed by atoms with Crippen molar-refractivity contribution >= 4 is 23.2 Å². The van der Waals surface area contributed by atoms with Crippen LogP contribution in [0, 0.1) is 12.8 Å². The van der Waals surface area contributed by atoms with Gasteiger partial charge in [0, 0.05) is 16.6 Å². The predicted octanol–water partition coefficient (Wildman–Crippen LogP) is 2.29. The molecule has 20 heavy (non-hydrogen) atoms. The zero-order chi connectivity index (χ0) is 14.5. The van der Waals surface area contributed by atoms with E-state index >= 15 is 0 Å². The number of hydrogen-bond donors (Lipinski definition) is 2. The molecule has 2 atom stereocenters. The van der Waals surface area contributed by atoms with E-state index in [0.29, 0.717) is 11.4 Å². The molecule has 0 bridgehead atoms. The number of carbonyl (C=O) groups is 1. The maximum atomic E-state index is 12.0. The molecule has 1 saturated heterocycles. The van der Waals surface area contributed by atoms with Crippen molar-refractivity contribution in [2.45, 2.75) is 33.1 Å². The summed E-state index contributed by atoms with van der Waals surface area (Å²) in [6.45, 7) is 7.55. The average Bonchev–Trinajstić information content (AvgIpc) is 2.42. The largest absolute Gasteiger partial charge is 0.334 e. The lowest BCUT2D eigenvalue weighted by Crippen LogP contribution is -3.13. The van der Waals surface area contributed by atoms with Crippen molar-refractivity contribution in [3.05, 3.63) is 28.8 Å². The number of anilines is 1. The molecular formula is C16H24ClN2O+. The summed E-state index contributed by atoms with van der Waals surface area (Å²) < 4.78 is 0. The summed E-state index contributed by atoms with van der Waals surface area (Å²) in [5.41, 5.74) is 1.76. The van der Waals surface area contributed by atoms with E-state index < -0.39 is 0 Å². The summed E-state index contributed by atoms with van der Waals surface area (Å²) in [7, 11) is 0. The van der Waals surface area contributed by atoms with E-state index in [4.69, 9.17) is 11.6 Å². The van der Waals surface area contributed by atoms with Crippen LogP contribution in [0.3, 0.4) is 0 Å². The Morgan fingerprint density at radius 3 is 3.05 bits per heavy atom. The van der Waals surface area contributed by atoms with Gasteiger partial charge in [0.25, 0.3) is 0 Å². The van der Waals surface area contributed by atoms with Gasteiger partial charge in [0.05, 0.1) is 26.1 Å². The van der Waals surface area contributed by atoms with Crippen molar-refractivity contribution in [2.75, 3.05) is 25.0 Å². The normalized spacial score (nSPS) is 22.6. The minimum absolute atomic E-state index is 0.0843. The number of amides is 1. The quantitative estimate of drug-likeness (QED) is 0.878. The van der Waals surface area contributed by atoms with Crippen LogP contribution in [0.25, 0.3) is 0 Å². The molecule has 1 heterocycles. The Morgan fingerprint density at radius 2 is 2.30 bits per heavy atom. The number of likely N-dealkylation sites (tertiary alicyclic amines) is 1. The van der Waals surface area contributed by atoms with Crippen molar-refractivity contribution in [3.63, 3.8) is 0 Å². The smallest absolute Gasteiger partial charge is 0.230 e. The van der Waals surface area contributed by atoms with Gasteiger partial charge in [0.15, 0.2) is 0 Å². The molecule has 110 valence electrons. The van der Waals surface area contributed by atoms with E-state index in [1.165, 1.54) is 25.9 Å². The van der Waals surface area contributed by atoms with Gasteiger partial charge >= 0.3 is 0 Å². The van der Waals surface area contributed by atoms with Crippen molar-refractivity contribution in [3.8, 4) is 0 Å². The van der Waals surface area contributed by atoms with Crippen LogP contribution in [0.15, 0.2) is 18.2 Å². The molecular weight excluding hydrogens is 272 g/mol. The second-order valence-electron chi connectivity index (χ2n) is 5.91. The van der Waals surface area contributed by atoms with Gasteiger partial charge < -0.3 is 10.2 Å². The molecule has 2 rings (SSSR count). The Morgan fingerprint density at radius 1 is 1.50 bits per heavy atom. The highest BCUT2D eigenvalue weighted by Gasteiger charge is 2.20. The Bertz CT molecular complexity index is 476. The zero-order valence-electron chi connectivity index (χ0n) is 12.3. The minimum Gasteiger partial charge on any atom is -0.334 e. The van der Waals surface area contributed by atoms with Crippen molar-refractivity contribution < 1.29 is 9.69 Å². The van der Waals surface area contributed by atoms with E-state index in [1.54, 1.807) is 4.90 Å². The Labute approximate surface area is 126 Å². The fraction of sp³-hybridized carbons (Fsp3) is 0.562. The van der Waals surface area contributed by atoms with Crippen molar-refractivity contribution in [1.29, 1.82) is 0 Å². The second kappa shape index (κ2) is 7.09. The monoisotopic (exact) mass is 295 g/mol. The maximum Gasteiger partial charge on any atom is 0.230 e. The van der Waals surface area contributed by atoms with Gasteiger partial charge in [-0.05, 0) is 37.5 Å². The summed E-state index contributed by atoms with van der Waals surface area (Å²) in [5, 5.41) is 3.66. The highest BCUT2D eigenvalue weighted by atomic mass is 35.5. The number of quaternary nitrogens is 1. The van der Waals surface area contributed by atoms with Crippen LogP contribution in [0.1, 0.15) is 31.7 Å². The lowest BCUT2D eigenvalue weighted by Gasteiger charge is -2.27. The predicted molar refractivity (Wildman–Crippen MR) is 83.4 cm³/mol. The molecule has 0 radical (unpaired) electrons. The summed E-state index contributed by atoms with van der Waals surface area (Å²) in [5.74, 6) is 0.873. The van der Waals surface area contributed by atoms with E-state index in [0.717, 1.165) is 23.7 Å². The van der Waals surface area contributed by atoms with Crippen LogP contribution in [0.2, 0.25) is 5.02 Å². The molecule has 0 saturated carbocycles. The number of carbonyl (C=O) groups excluding carboxylic acids is 1. The Kier molecular flexibility index (Phi) is 5.44. The van der Waals surface area contributed by atoms with Crippen LogP contribution in [-0.4, -0.2) is 25.5 Å². The van der Waals surface area contributed by atoms with E-state index in [1.807, 2.05) is 25.1 Å². The van der Waals surface area contributed by atoms with E-state index in [9.17, 15) is 4.79 Å². The molecule has 1 aromatic rings. The van der Waals surface area contributed by atoms with Crippen LogP contribution >= 0.6 is 11.6 Å². The molecule has 1 aliphatic rings. The van der Waals surface area contributed by atoms with E-state index in [-0.39, 0.29) is 5.91 Å². The molecule has 1 aromatic carbocycles. The summed E-state index contributed by atoms with van der Waals surface area (Å²) in [6.07, 6.45) is 3.19. The van der Waals surface area contributed by atoms with Crippen molar-refractivity contribution in [1.82, 2.24) is 0 Å². The Balaban J connectivity index is 1.82. The molecule has 3 nitrogen and oxygen atoms in total. The number of benzene rings is 1. The van der Waals surface area contributed by atoms with Crippen LogP contribution in [0.4, 0.5) is 5.69 Å². The number of halogens is 1. The SMILES string of the molecule is Cc1c(Cl)cccc1NC(=O)CC[NH+]1CCC[C@H](C)C1. The standard InChI is InChI=1S/C16H23ClN2O/c1-12-5-4-9-19(11-12)10-8-16(20)18-15-7-3-6-14(17)13(15)2/h3,6-7,12H,4-5,8-11H2,1-2H3,(H,18,20)/p+1/t12-/m0/s1. The van der Waals surface area contributed by atoms with Crippen LogP contribution in [-0.2, 0) is 4.79 Å². The molecule has 1 aliphatic heterocycles. The molecule has 1 amide bonds. The van der Waals surface area contributed by atoms with Crippen LogP contribution < -0.4 is 10.2 Å². The highest BCUT2D eigenvalue weighted by molar-refractivity contribution is 6.31. The number of piperidine rings is 1. The molecule has 1 unspecified atom stereocenters. The first-order valence-electron chi connectivity index (χ1n) is 7.45. The Hall–Kier alpha value is -1.06. The second-order valence-corrected chi connectivity index (χ2v) is 6.32. The van der Waals surface area contributed by atoms with Gasteiger partial charge in [-0.15, -0.1) is 0 Å². The average molecular weight is 296 g/mol. The third-order valence-electron chi connectivity index (χ3n) is 4.11. The van der Waals surface area contributed by atoms with Gasteiger partial charge in [-0.1, -0.05) is 24.6 Å². The molecule has 4 heteroatoms. The number of nitrogens with one attached hydrogen (secondary N) is 2. The lowest BCUT2D eigenvalue weighted by molar-refractivity contribution is -0.907. The number of hydrogen-bond acceptors (Lipinski definition) is 1. The highest BCUT2D eigenvalue weighted by Crippen LogP contribution is 2.22. The topological polar surface area (TPSA) is 33.5 Å².